The van der Waals surface area contributed by atoms with E-state index in [4.69, 9.17) is 52.5 Å². The number of carbonyl (C=O) groups is 2. The maximum Gasteiger partial charge on any atom is 0.343 e. The summed E-state index contributed by atoms with van der Waals surface area (Å²) in [6.45, 7) is 20.6. The standard InChI is InChI=1S/C52H70O13/c1-10-56-51(54)47-15-11-43(12-16-47)46-21-25-50(26-22-46)65-52(55)48-17-13-44(14-18-48)45-19-23-49(24-20-45)64-42(9)34-63-41(8)33-62-40(7)32-61-39(6)31-60-38(5)30-59-37(4)29-58-36(3)28-57-35(2)27-53/h11-26,35-42,53H,10,27-34H2,1-9H3. The number of esters is 2. The molecule has 0 amide bonds. The van der Waals surface area contributed by atoms with Crippen LogP contribution in [0.25, 0.3) is 22.3 Å². The first kappa shape index (κ1) is 52.9. The van der Waals surface area contributed by atoms with Crippen LogP contribution in [0.3, 0.4) is 0 Å². The van der Waals surface area contributed by atoms with Crippen LogP contribution in [0.1, 0.15) is 83.0 Å². The summed E-state index contributed by atoms with van der Waals surface area (Å²) in [7, 11) is 0. The number of ether oxygens (including phenoxy) is 10. The smallest absolute Gasteiger partial charge is 0.343 e. The van der Waals surface area contributed by atoms with Gasteiger partial charge in [-0.1, -0.05) is 48.5 Å². The van der Waals surface area contributed by atoms with Crippen molar-refractivity contribution in [2.45, 2.75) is 111 Å². The average Bonchev–Trinajstić information content (AvgIpc) is 3.32. The Morgan fingerprint density at radius 2 is 0.692 bits per heavy atom. The van der Waals surface area contributed by atoms with Crippen molar-refractivity contribution in [3.63, 3.8) is 0 Å². The molecule has 4 rings (SSSR count). The van der Waals surface area contributed by atoms with Gasteiger partial charge in [0.15, 0.2) is 0 Å². The first-order chi connectivity index (χ1) is 31.2. The fourth-order valence-electron chi connectivity index (χ4n) is 6.13. The monoisotopic (exact) mass is 902 g/mol. The maximum absolute atomic E-state index is 12.9. The summed E-state index contributed by atoms with van der Waals surface area (Å²) in [5.41, 5.74) is 4.71. The first-order valence-corrected chi connectivity index (χ1v) is 22.6. The van der Waals surface area contributed by atoms with Crippen molar-refractivity contribution in [2.24, 2.45) is 0 Å². The predicted molar refractivity (Wildman–Crippen MR) is 250 cm³/mol. The van der Waals surface area contributed by atoms with Gasteiger partial charge in [0.2, 0.25) is 0 Å². The van der Waals surface area contributed by atoms with Crippen LogP contribution in [0, 0.1) is 0 Å². The Bertz CT molecular complexity index is 1940. The Morgan fingerprint density at radius 3 is 1.03 bits per heavy atom. The highest BCUT2D eigenvalue weighted by molar-refractivity contribution is 5.92. The number of hydrogen-bond acceptors (Lipinski definition) is 13. The van der Waals surface area contributed by atoms with E-state index >= 15 is 0 Å². The molecule has 4 aromatic carbocycles. The molecule has 1 N–H and O–H groups in total. The van der Waals surface area contributed by atoms with Gasteiger partial charge < -0.3 is 52.5 Å². The van der Waals surface area contributed by atoms with Gasteiger partial charge in [-0.3, -0.25) is 0 Å². The van der Waals surface area contributed by atoms with Gasteiger partial charge >= 0.3 is 11.9 Å². The van der Waals surface area contributed by atoms with E-state index in [-0.39, 0.29) is 61.4 Å². The number of benzene rings is 4. The minimum atomic E-state index is -0.454. The molecule has 0 bridgehead atoms. The fraction of sp³-hybridized carbons (Fsp3) is 0.500. The first-order valence-electron chi connectivity index (χ1n) is 22.6. The minimum Gasteiger partial charge on any atom is -0.488 e. The van der Waals surface area contributed by atoms with Gasteiger partial charge in [-0.2, -0.15) is 0 Å². The molecule has 0 aromatic heterocycles. The van der Waals surface area contributed by atoms with Crippen LogP contribution in [0.4, 0.5) is 0 Å². The van der Waals surface area contributed by atoms with Crippen LogP contribution in [-0.2, 0) is 37.9 Å². The van der Waals surface area contributed by atoms with Gasteiger partial charge in [-0.15, -0.1) is 0 Å². The molecule has 13 heteroatoms. The lowest BCUT2D eigenvalue weighted by Crippen LogP contribution is -2.30. The van der Waals surface area contributed by atoms with E-state index in [1.807, 2.05) is 116 Å². The lowest BCUT2D eigenvalue weighted by molar-refractivity contribution is -0.107. The van der Waals surface area contributed by atoms with Crippen molar-refractivity contribution in [3.05, 3.63) is 108 Å². The van der Waals surface area contributed by atoms with Crippen LogP contribution in [0.15, 0.2) is 97.1 Å². The molecule has 0 fully saturated rings. The Hall–Kier alpha value is -4.70. The average molecular weight is 903 g/mol. The molecule has 0 saturated heterocycles. The molecule has 0 radical (unpaired) electrons. The SMILES string of the molecule is CCOC(=O)c1ccc(-c2ccc(OC(=O)c3ccc(-c4ccc(OC(C)COC(C)COC(C)COC(C)COC(C)COC(C)COC(C)COC(C)CO)cc4)cc3)cc2)cc1. The van der Waals surface area contributed by atoms with Gasteiger partial charge in [0.25, 0.3) is 0 Å². The summed E-state index contributed by atoms with van der Waals surface area (Å²) in [5.74, 6) is 0.346. The highest BCUT2D eigenvalue weighted by atomic mass is 16.6. The predicted octanol–water partition coefficient (Wildman–Crippen LogP) is 9.01. The van der Waals surface area contributed by atoms with Crippen LogP contribution in [0.5, 0.6) is 11.5 Å². The second-order valence-corrected chi connectivity index (χ2v) is 16.4. The van der Waals surface area contributed by atoms with E-state index < -0.39 is 5.97 Å². The number of carbonyl (C=O) groups excluding carboxylic acids is 2. The van der Waals surface area contributed by atoms with Crippen LogP contribution in [-0.4, -0.2) is 125 Å². The normalized spacial score (nSPS) is 15.2. The second kappa shape index (κ2) is 28.4. The summed E-state index contributed by atoms with van der Waals surface area (Å²) >= 11 is 0. The molecule has 0 aliphatic heterocycles. The molecule has 356 valence electrons. The zero-order chi connectivity index (χ0) is 47.1. The van der Waals surface area contributed by atoms with E-state index in [9.17, 15) is 9.59 Å². The molecule has 0 aliphatic carbocycles. The minimum absolute atomic E-state index is 0.0147. The van der Waals surface area contributed by atoms with Crippen molar-refractivity contribution in [3.8, 4) is 33.8 Å². The largest absolute Gasteiger partial charge is 0.488 e. The fourth-order valence-corrected chi connectivity index (χ4v) is 6.13. The van der Waals surface area contributed by atoms with Gasteiger partial charge in [0, 0.05) is 0 Å². The molecule has 8 atom stereocenters. The third kappa shape index (κ3) is 19.7. The van der Waals surface area contributed by atoms with Gasteiger partial charge in [0.1, 0.15) is 17.6 Å². The lowest BCUT2D eigenvalue weighted by atomic mass is 10.0. The van der Waals surface area contributed by atoms with Crippen molar-refractivity contribution in [1.82, 2.24) is 0 Å². The summed E-state index contributed by atoms with van der Waals surface area (Å²) in [4.78, 5) is 24.9. The molecule has 0 saturated carbocycles. The van der Waals surface area contributed by atoms with Crippen molar-refractivity contribution in [1.29, 1.82) is 0 Å². The van der Waals surface area contributed by atoms with Gasteiger partial charge in [-0.05, 0) is 133 Å². The summed E-state index contributed by atoms with van der Waals surface area (Å²) in [6, 6.07) is 29.5. The van der Waals surface area contributed by atoms with Crippen LogP contribution in [0.2, 0.25) is 0 Å². The number of rotatable bonds is 30. The molecule has 0 heterocycles. The van der Waals surface area contributed by atoms with E-state index in [1.165, 1.54) is 0 Å². The highest BCUT2D eigenvalue weighted by Gasteiger charge is 2.16. The highest BCUT2D eigenvalue weighted by Crippen LogP contribution is 2.26. The van der Waals surface area contributed by atoms with Crippen molar-refractivity contribution >= 4 is 11.9 Å². The molecule has 65 heavy (non-hydrogen) atoms. The number of hydrogen-bond donors (Lipinski definition) is 1. The molecule has 13 nitrogen and oxygen atoms in total. The Morgan fingerprint density at radius 1 is 0.400 bits per heavy atom. The number of aliphatic hydroxyl groups is 1. The Balaban J connectivity index is 1.07. The molecular formula is C52H70O13. The maximum atomic E-state index is 12.9. The second-order valence-electron chi connectivity index (χ2n) is 16.4. The quantitative estimate of drug-likeness (QED) is 0.0393. The molecular weight excluding hydrogens is 833 g/mol. The van der Waals surface area contributed by atoms with Gasteiger partial charge in [-0.25, -0.2) is 9.59 Å². The van der Waals surface area contributed by atoms with Crippen molar-refractivity contribution < 1.29 is 62.1 Å². The summed E-state index contributed by atoms with van der Waals surface area (Å²) in [5, 5.41) is 9.07. The molecule has 0 aliphatic rings. The molecule has 8 unspecified atom stereocenters. The summed E-state index contributed by atoms with van der Waals surface area (Å²) in [6.07, 6.45) is -1.05. The van der Waals surface area contributed by atoms with Crippen molar-refractivity contribution in [2.75, 3.05) is 59.5 Å². The molecule has 0 spiro atoms. The van der Waals surface area contributed by atoms with Crippen LogP contribution < -0.4 is 9.47 Å². The third-order valence-electron chi connectivity index (χ3n) is 10.0. The molecule has 4 aromatic rings. The van der Waals surface area contributed by atoms with E-state index in [0.29, 0.717) is 69.7 Å². The zero-order valence-electron chi connectivity index (χ0n) is 39.6. The third-order valence-corrected chi connectivity index (χ3v) is 10.0. The van der Waals surface area contributed by atoms with E-state index in [2.05, 4.69) is 0 Å². The Labute approximate surface area is 385 Å². The Kier molecular flexibility index (Phi) is 23.1. The number of aliphatic hydroxyl groups excluding tert-OH is 1. The summed E-state index contributed by atoms with van der Waals surface area (Å²) < 4.78 is 57.8. The van der Waals surface area contributed by atoms with E-state index in [0.717, 1.165) is 28.0 Å². The topological polar surface area (TPSA) is 147 Å². The van der Waals surface area contributed by atoms with E-state index in [1.54, 1.807) is 43.3 Å². The van der Waals surface area contributed by atoms with Crippen LogP contribution >= 0.6 is 0 Å². The zero-order valence-corrected chi connectivity index (χ0v) is 39.6. The van der Waals surface area contributed by atoms with Gasteiger partial charge in [0.05, 0.1) is 113 Å². The lowest BCUT2D eigenvalue weighted by Gasteiger charge is -2.23.